The van der Waals surface area contributed by atoms with Gasteiger partial charge in [-0.25, -0.2) is 17.6 Å². The Balaban J connectivity index is 2.60. The third-order valence-electron chi connectivity index (χ3n) is 3.18. The minimum Gasteiger partial charge on any atom is -0.361 e. The zero-order valence-corrected chi connectivity index (χ0v) is 11.9. The van der Waals surface area contributed by atoms with E-state index in [0.717, 1.165) is 12.1 Å². The predicted molar refractivity (Wildman–Crippen MR) is 70.5 cm³/mol. The molecular formula is C15H15F4NO. The number of benzene rings is 1. The molecule has 0 amide bonds. The number of rotatable bonds is 4. The van der Waals surface area contributed by atoms with Crippen molar-refractivity contribution in [2.45, 2.75) is 39.0 Å². The Hall–Kier alpha value is -1.85. The van der Waals surface area contributed by atoms with E-state index in [-0.39, 0.29) is 11.3 Å². The molecule has 0 radical (unpaired) electrons. The first-order valence-corrected chi connectivity index (χ1v) is 6.49. The van der Waals surface area contributed by atoms with Crippen LogP contribution in [-0.2, 0) is 18.3 Å². The van der Waals surface area contributed by atoms with Gasteiger partial charge in [0.1, 0.15) is 11.5 Å². The number of aromatic nitrogens is 1. The van der Waals surface area contributed by atoms with Gasteiger partial charge in [0.15, 0.2) is 0 Å². The Morgan fingerprint density at radius 3 is 2.19 bits per heavy atom. The lowest BCUT2D eigenvalue weighted by molar-refractivity contribution is 0.0109. The summed E-state index contributed by atoms with van der Waals surface area (Å²) in [7, 11) is 0. The number of aryl methyl sites for hydroxylation is 1. The number of halogens is 4. The SMILES string of the molecule is CCc1cc(-c2ccc(C(C)(F)F)cc2C(C)(F)F)no1. The summed E-state index contributed by atoms with van der Waals surface area (Å²) >= 11 is 0. The maximum atomic E-state index is 13.8. The van der Waals surface area contributed by atoms with E-state index in [9.17, 15) is 17.6 Å². The van der Waals surface area contributed by atoms with Crippen LogP contribution in [0.1, 0.15) is 37.7 Å². The van der Waals surface area contributed by atoms with Crippen LogP contribution in [-0.4, -0.2) is 5.16 Å². The van der Waals surface area contributed by atoms with Crippen molar-refractivity contribution in [2.75, 3.05) is 0 Å². The summed E-state index contributed by atoms with van der Waals surface area (Å²) in [5.74, 6) is -5.90. The van der Waals surface area contributed by atoms with E-state index in [4.69, 9.17) is 4.52 Å². The van der Waals surface area contributed by atoms with Crippen LogP contribution < -0.4 is 0 Å². The van der Waals surface area contributed by atoms with Gasteiger partial charge in [-0.05, 0) is 6.07 Å². The normalized spacial score (nSPS) is 12.7. The fourth-order valence-corrected chi connectivity index (χ4v) is 2.01. The molecule has 1 heterocycles. The highest BCUT2D eigenvalue weighted by atomic mass is 19.3. The van der Waals surface area contributed by atoms with Crippen LogP contribution >= 0.6 is 0 Å². The predicted octanol–water partition coefficient (Wildman–Crippen LogP) is 5.13. The molecule has 0 saturated carbocycles. The summed E-state index contributed by atoms with van der Waals surface area (Å²) in [6, 6.07) is 4.73. The van der Waals surface area contributed by atoms with Crippen LogP contribution in [0.4, 0.5) is 17.6 Å². The van der Waals surface area contributed by atoms with Gasteiger partial charge in [-0.3, -0.25) is 0 Å². The zero-order chi connectivity index (χ0) is 15.8. The number of alkyl halides is 4. The molecule has 2 nitrogen and oxygen atoms in total. The summed E-state index contributed by atoms with van der Waals surface area (Å²) in [6.45, 7) is 3.18. The van der Waals surface area contributed by atoms with Crippen molar-refractivity contribution in [1.29, 1.82) is 0 Å². The second-order valence-corrected chi connectivity index (χ2v) is 5.07. The molecule has 0 atom stereocenters. The maximum absolute atomic E-state index is 13.8. The Labute approximate surface area is 119 Å². The number of nitrogens with zero attached hydrogens (tertiary/aromatic N) is 1. The first kappa shape index (κ1) is 15.5. The van der Waals surface area contributed by atoms with Crippen molar-refractivity contribution in [3.63, 3.8) is 0 Å². The summed E-state index contributed by atoms with van der Waals surface area (Å²) in [5.41, 5.74) is -0.632. The van der Waals surface area contributed by atoms with E-state index in [1.165, 1.54) is 12.1 Å². The van der Waals surface area contributed by atoms with Gasteiger partial charge in [0, 0.05) is 43.0 Å². The Morgan fingerprint density at radius 2 is 1.71 bits per heavy atom. The molecule has 6 heteroatoms. The molecule has 0 spiro atoms. The molecule has 0 aliphatic heterocycles. The first-order chi connectivity index (χ1) is 9.63. The molecule has 0 unspecified atom stereocenters. The van der Waals surface area contributed by atoms with Crippen molar-refractivity contribution in [3.8, 4) is 11.3 Å². The number of hydrogen-bond donors (Lipinski definition) is 0. The highest BCUT2D eigenvalue weighted by Crippen LogP contribution is 2.39. The molecular weight excluding hydrogens is 286 g/mol. The van der Waals surface area contributed by atoms with Gasteiger partial charge in [-0.15, -0.1) is 0 Å². The van der Waals surface area contributed by atoms with Crippen molar-refractivity contribution >= 4 is 0 Å². The average Bonchev–Trinajstić information content (AvgIpc) is 2.84. The van der Waals surface area contributed by atoms with Gasteiger partial charge in [0.2, 0.25) is 0 Å². The molecule has 0 aliphatic rings. The van der Waals surface area contributed by atoms with Crippen molar-refractivity contribution in [2.24, 2.45) is 0 Å². The van der Waals surface area contributed by atoms with Crippen LogP contribution in [0.5, 0.6) is 0 Å². The second kappa shape index (κ2) is 5.16. The van der Waals surface area contributed by atoms with Gasteiger partial charge in [-0.1, -0.05) is 24.2 Å². The van der Waals surface area contributed by atoms with Gasteiger partial charge in [0.25, 0.3) is 11.8 Å². The Bertz CT molecular complexity index is 638. The van der Waals surface area contributed by atoms with Crippen LogP contribution in [0.2, 0.25) is 0 Å². The highest BCUT2D eigenvalue weighted by molar-refractivity contribution is 5.65. The van der Waals surface area contributed by atoms with Gasteiger partial charge in [-0.2, -0.15) is 0 Å². The van der Waals surface area contributed by atoms with Crippen molar-refractivity contribution in [1.82, 2.24) is 5.16 Å². The molecule has 21 heavy (non-hydrogen) atoms. The standard InChI is InChI=1S/C15H15F4NO/c1-4-10-8-13(20-21-10)11-6-5-9(14(2,16)17)7-12(11)15(3,18)19/h5-8H,4H2,1-3H3. The monoisotopic (exact) mass is 301 g/mol. The molecule has 2 rings (SSSR count). The highest BCUT2D eigenvalue weighted by Gasteiger charge is 2.33. The molecule has 0 saturated heterocycles. The van der Waals surface area contributed by atoms with E-state index in [1.807, 2.05) is 6.92 Å². The largest absolute Gasteiger partial charge is 0.361 e. The molecule has 0 N–H and O–H groups in total. The molecule has 0 bridgehead atoms. The van der Waals surface area contributed by atoms with Gasteiger partial charge >= 0.3 is 0 Å². The Kier molecular flexibility index (Phi) is 3.82. The average molecular weight is 301 g/mol. The lowest BCUT2D eigenvalue weighted by atomic mass is 9.95. The van der Waals surface area contributed by atoms with Crippen molar-refractivity contribution < 1.29 is 22.1 Å². The lowest BCUT2D eigenvalue weighted by Gasteiger charge is -2.18. The smallest absolute Gasteiger partial charge is 0.271 e. The molecule has 0 aliphatic carbocycles. The minimum atomic E-state index is -3.26. The molecule has 2 aromatic rings. The third kappa shape index (κ3) is 3.25. The maximum Gasteiger partial charge on any atom is 0.271 e. The quantitative estimate of drug-likeness (QED) is 0.732. The lowest BCUT2D eigenvalue weighted by Crippen LogP contribution is -2.13. The molecule has 1 aromatic heterocycles. The topological polar surface area (TPSA) is 26.0 Å². The number of hydrogen-bond acceptors (Lipinski definition) is 2. The van der Waals surface area contributed by atoms with E-state index < -0.39 is 23.0 Å². The van der Waals surface area contributed by atoms with Gasteiger partial charge in [0.05, 0.1) is 0 Å². The Morgan fingerprint density at radius 1 is 1.05 bits per heavy atom. The van der Waals surface area contributed by atoms with Crippen LogP contribution in [0.15, 0.2) is 28.8 Å². The van der Waals surface area contributed by atoms with E-state index in [2.05, 4.69) is 5.16 Å². The first-order valence-electron chi connectivity index (χ1n) is 6.49. The van der Waals surface area contributed by atoms with E-state index >= 15 is 0 Å². The van der Waals surface area contributed by atoms with E-state index in [1.54, 1.807) is 0 Å². The molecule has 0 fully saturated rings. The fraction of sp³-hybridized carbons (Fsp3) is 0.400. The third-order valence-corrected chi connectivity index (χ3v) is 3.18. The van der Waals surface area contributed by atoms with Crippen molar-refractivity contribution in [3.05, 3.63) is 41.2 Å². The van der Waals surface area contributed by atoms with Gasteiger partial charge < -0.3 is 4.52 Å². The summed E-state index contributed by atoms with van der Waals surface area (Å²) in [6.07, 6.45) is 0.565. The summed E-state index contributed by atoms with van der Waals surface area (Å²) in [4.78, 5) is 0. The summed E-state index contributed by atoms with van der Waals surface area (Å²) < 4.78 is 59.2. The molecule has 1 aromatic carbocycles. The molecule has 114 valence electrons. The minimum absolute atomic E-state index is 0.0963. The van der Waals surface area contributed by atoms with Crippen LogP contribution in [0.25, 0.3) is 11.3 Å². The fourth-order valence-electron chi connectivity index (χ4n) is 2.01. The van der Waals surface area contributed by atoms with Crippen LogP contribution in [0.3, 0.4) is 0 Å². The van der Waals surface area contributed by atoms with E-state index in [0.29, 0.717) is 26.0 Å². The summed E-state index contributed by atoms with van der Waals surface area (Å²) in [5, 5.41) is 3.73. The van der Waals surface area contributed by atoms with Crippen LogP contribution in [0, 0.1) is 0 Å². The zero-order valence-electron chi connectivity index (χ0n) is 11.9. The second-order valence-electron chi connectivity index (χ2n) is 5.07.